The van der Waals surface area contributed by atoms with Crippen LogP contribution < -0.4 is 11.1 Å². The molecule has 0 aliphatic carbocycles. The van der Waals surface area contributed by atoms with Gasteiger partial charge in [0.2, 0.25) is 11.8 Å². The van der Waals surface area contributed by atoms with Gasteiger partial charge >= 0.3 is 0 Å². The number of hydrogen-bond donors (Lipinski definition) is 2. The van der Waals surface area contributed by atoms with Crippen LogP contribution in [0.5, 0.6) is 0 Å². The van der Waals surface area contributed by atoms with Crippen LogP contribution in [0.4, 0.5) is 10.1 Å². The van der Waals surface area contributed by atoms with Gasteiger partial charge in [0, 0.05) is 11.4 Å². The Balaban J connectivity index is 2.26. The molecule has 4 nitrogen and oxygen atoms in total. The van der Waals surface area contributed by atoms with E-state index in [-0.39, 0.29) is 12.1 Å². The van der Waals surface area contributed by atoms with E-state index in [0.717, 1.165) is 6.07 Å². The smallest absolute Gasteiger partial charge is 0.232 e. The Labute approximate surface area is 132 Å². The van der Waals surface area contributed by atoms with Crippen molar-refractivity contribution in [1.82, 2.24) is 0 Å². The molecular formula is C16H14ClFN2O2. The standard InChI is InChI=1S/C16H14ClFN2O2/c17-11-6-7-13(18)14(8-11)20-16(22)12(9-15(19)21)10-4-2-1-3-5-10/h1-8,12H,9H2,(H2,19,21)(H,20,22)/t12-/m1/s1. The largest absolute Gasteiger partial charge is 0.370 e. The summed E-state index contributed by atoms with van der Waals surface area (Å²) in [7, 11) is 0. The maximum atomic E-state index is 13.7. The quantitative estimate of drug-likeness (QED) is 0.888. The average Bonchev–Trinajstić information content (AvgIpc) is 2.49. The molecule has 2 aromatic carbocycles. The van der Waals surface area contributed by atoms with Crippen LogP contribution in [0.1, 0.15) is 17.9 Å². The highest BCUT2D eigenvalue weighted by molar-refractivity contribution is 6.30. The summed E-state index contributed by atoms with van der Waals surface area (Å²) in [6, 6.07) is 12.5. The monoisotopic (exact) mass is 320 g/mol. The van der Waals surface area contributed by atoms with Gasteiger partial charge in [-0.25, -0.2) is 4.39 Å². The molecule has 6 heteroatoms. The van der Waals surface area contributed by atoms with Crippen molar-refractivity contribution in [3.8, 4) is 0 Å². The number of carbonyl (C=O) groups excluding carboxylic acids is 2. The van der Waals surface area contributed by atoms with Crippen molar-refractivity contribution in [1.29, 1.82) is 0 Å². The molecule has 22 heavy (non-hydrogen) atoms. The SMILES string of the molecule is NC(=O)C[C@@H](C(=O)Nc1cc(Cl)ccc1F)c1ccccc1. The Morgan fingerprint density at radius 3 is 2.50 bits per heavy atom. The average molecular weight is 321 g/mol. The first-order chi connectivity index (χ1) is 10.5. The number of rotatable bonds is 5. The molecule has 0 heterocycles. The number of hydrogen-bond acceptors (Lipinski definition) is 2. The number of primary amides is 1. The molecule has 2 amide bonds. The van der Waals surface area contributed by atoms with Crippen LogP contribution in [-0.2, 0) is 9.59 Å². The molecule has 0 radical (unpaired) electrons. The van der Waals surface area contributed by atoms with Crippen LogP contribution in [0.3, 0.4) is 0 Å². The summed E-state index contributed by atoms with van der Waals surface area (Å²) in [5.74, 6) is -2.54. The second kappa shape index (κ2) is 7.04. The van der Waals surface area contributed by atoms with E-state index in [4.69, 9.17) is 17.3 Å². The maximum Gasteiger partial charge on any atom is 0.232 e. The van der Waals surface area contributed by atoms with E-state index in [2.05, 4.69) is 5.32 Å². The molecule has 0 fully saturated rings. The van der Waals surface area contributed by atoms with Gasteiger partial charge in [0.15, 0.2) is 0 Å². The highest BCUT2D eigenvalue weighted by Gasteiger charge is 2.23. The zero-order valence-corrected chi connectivity index (χ0v) is 12.3. The first-order valence-corrected chi connectivity index (χ1v) is 6.94. The minimum absolute atomic E-state index is 0.0390. The molecule has 0 saturated carbocycles. The number of anilines is 1. The van der Waals surface area contributed by atoms with E-state index in [1.54, 1.807) is 30.3 Å². The van der Waals surface area contributed by atoms with Crippen molar-refractivity contribution in [2.24, 2.45) is 5.73 Å². The zero-order chi connectivity index (χ0) is 16.1. The van der Waals surface area contributed by atoms with Crippen LogP contribution >= 0.6 is 11.6 Å². The number of nitrogens with two attached hydrogens (primary N) is 1. The third-order valence-corrected chi connectivity index (χ3v) is 3.35. The van der Waals surface area contributed by atoms with Crippen molar-refractivity contribution >= 4 is 29.1 Å². The van der Waals surface area contributed by atoms with Gasteiger partial charge in [-0.05, 0) is 23.8 Å². The molecule has 2 aromatic rings. The predicted octanol–water partition coefficient (Wildman–Crippen LogP) is 3.08. The summed E-state index contributed by atoms with van der Waals surface area (Å²) in [6.07, 6.45) is -0.169. The fourth-order valence-corrected chi connectivity index (χ4v) is 2.23. The van der Waals surface area contributed by atoms with Gasteiger partial charge in [-0.1, -0.05) is 41.9 Å². The number of amides is 2. The van der Waals surface area contributed by atoms with Gasteiger partial charge < -0.3 is 11.1 Å². The first-order valence-electron chi connectivity index (χ1n) is 6.56. The molecule has 0 aliphatic heterocycles. The lowest BCUT2D eigenvalue weighted by Crippen LogP contribution is -2.26. The summed E-state index contributed by atoms with van der Waals surface area (Å²) in [5, 5.41) is 2.74. The third-order valence-electron chi connectivity index (χ3n) is 3.11. The molecule has 0 bridgehead atoms. The van der Waals surface area contributed by atoms with Gasteiger partial charge in [-0.3, -0.25) is 9.59 Å². The van der Waals surface area contributed by atoms with E-state index in [9.17, 15) is 14.0 Å². The molecule has 3 N–H and O–H groups in total. The summed E-state index contributed by atoms with van der Waals surface area (Å²) < 4.78 is 13.7. The maximum absolute atomic E-state index is 13.7. The normalized spacial score (nSPS) is 11.7. The fourth-order valence-electron chi connectivity index (χ4n) is 2.06. The highest BCUT2D eigenvalue weighted by Crippen LogP contribution is 2.24. The number of benzene rings is 2. The fraction of sp³-hybridized carbons (Fsp3) is 0.125. The molecule has 0 saturated heterocycles. The van der Waals surface area contributed by atoms with Crippen molar-refractivity contribution in [3.63, 3.8) is 0 Å². The lowest BCUT2D eigenvalue weighted by atomic mass is 9.94. The molecule has 0 unspecified atom stereocenters. The minimum Gasteiger partial charge on any atom is -0.370 e. The van der Waals surface area contributed by atoms with Crippen LogP contribution in [0, 0.1) is 5.82 Å². The molecule has 0 aliphatic rings. The third kappa shape index (κ3) is 4.05. The van der Waals surface area contributed by atoms with Gasteiger partial charge in [-0.2, -0.15) is 0 Å². The zero-order valence-electron chi connectivity index (χ0n) is 11.6. The Bertz CT molecular complexity index is 692. The Kier molecular flexibility index (Phi) is 5.12. The molecule has 0 spiro atoms. The van der Waals surface area contributed by atoms with Crippen LogP contribution in [0.15, 0.2) is 48.5 Å². The first kappa shape index (κ1) is 16.0. The summed E-state index contributed by atoms with van der Waals surface area (Å²) in [4.78, 5) is 23.6. The van der Waals surface area contributed by atoms with E-state index in [1.165, 1.54) is 12.1 Å². The van der Waals surface area contributed by atoms with Crippen LogP contribution in [0.25, 0.3) is 0 Å². The van der Waals surface area contributed by atoms with Crippen LogP contribution in [-0.4, -0.2) is 11.8 Å². The lowest BCUT2D eigenvalue weighted by Gasteiger charge is -2.16. The van der Waals surface area contributed by atoms with E-state index < -0.39 is 23.5 Å². The number of carbonyl (C=O) groups is 2. The van der Waals surface area contributed by atoms with Gasteiger partial charge in [0.05, 0.1) is 11.6 Å². The molecule has 114 valence electrons. The molecule has 1 atom stereocenters. The van der Waals surface area contributed by atoms with Crippen molar-refractivity contribution in [2.45, 2.75) is 12.3 Å². The highest BCUT2D eigenvalue weighted by atomic mass is 35.5. The lowest BCUT2D eigenvalue weighted by molar-refractivity contribution is -0.123. The number of nitrogens with one attached hydrogen (secondary N) is 1. The van der Waals surface area contributed by atoms with Crippen LogP contribution in [0.2, 0.25) is 5.02 Å². The summed E-state index contributed by atoms with van der Waals surface area (Å²) in [5.41, 5.74) is 5.79. The molecule has 2 rings (SSSR count). The number of halogens is 2. The predicted molar refractivity (Wildman–Crippen MR) is 83.0 cm³/mol. The second-order valence-electron chi connectivity index (χ2n) is 4.75. The van der Waals surface area contributed by atoms with Crippen molar-refractivity contribution in [3.05, 3.63) is 64.9 Å². The van der Waals surface area contributed by atoms with Gasteiger partial charge in [0.1, 0.15) is 5.82 Å². The van der Waals surface area contributed by atoms with Gasteiger partial charge in [0.25, 0.3) is 0 Å². The van der Waals surface area contributed by atoms with Crippen molar-refractivity contribution in [2.75, 3.05) is 5.32 Å². The Morgan fingerprint density at radius 1 is 1.18 bits per heavy atom. The minimum atomic E-state index is -0.794. The van der Waals surface area contributed by atoms with E-state index >= 15 is 0 Å². The summed E-state index contributed by atoms with van der Waals surface area (Å²) in [6.45, 7) is 0. The van der Waals surface area contributed by atoms with Crippen molar-refractivity contribution < 1.29 is 14.0 Å². The topological polar surface area (TPSA) is 72.2 Å². The molecular weight excluding hydrogens is 307 g/mol. The summed E-state index contributed by atoms with van der Waals surface area (Å²) >= 11 is 5.79. The Morgan fingerprint density at radius 2 is 1.86 bits per heavy atom. The van der Waals surface area contributed by atoms with E-state index in [0.29, 0.717) is 10.6 Å². The molecule has 0 aromatic heterocycles. The second-order valence-corrected chi connectivity index (χ2v) is 5.18. The Hall–Kier alpha value is -2.40. The van der Waals surface area contributed by atoms with Gasteiger partial charge in [-0.15, -0.1) is 0 Å². The van der Waals surface area contributed by atoms with E-state index in [1.807, 2.05) is 0 Å².